The van der Waals surface area contributed by atoms with E-state index in [1.807, 2.05) is 62.1 Å². The first-order valence-electron chi connectivity index (χ1n) is 12.9. The fourth-order valence-corrected chi connectivity index (χ4v) is 4.81. The molecule has 0 radical (unpaired) electrons. The molecule has 1 N–H and O–H groups in total. The molecule has 10 heteroatoms. The lowest BCUT2D eigenvalue weighted by molar-refractivity contribution is 0.0240. The summed E-state index contributed by atoms with van der Waals surface area (Å²) in [6.45, 7) is 7.41. The monoisotopic (exact) mass is 577 g/mol. The summed E-state index contributed by atoms with van der Waals surface area (Å²) in [7, 11) is 0. The molecule has 2 amide bonds. The number of piperazine rings is 1. The number of nitrogens with one attached hydrogen (secondary N) is 1. The molecule has 8 nitrogen and oxygen atoms in total. The van der Waals surface area contributed by atoms with E-state index in [4.69, 9.17) is 32.9 Å². The Morgan fingerprint density at radius 2 is 1.65 bits per heavy atom. The van der Waals surface area contributed by atoms with E-state index in [1.54, 1.807) is 35.4 Å². The first kappa shape index (κ1) is 27.7. The van der Waals surface area contributed by atoms with Crippen LogP contribution in [0.3, 0.4) is 0 Å². The molecule has 3 aromatic carbocycles. The molecule has 1 fully saturated rings. The first-order chi connectivity index (χ1) is 19.1. The van der Waals surface area contributed by atoms with Crippen molar-refractivity contribution in [1.29, 1.82) is 0 Å². The van der Waals surface area contributed by atoms with E-state index in [9.17, 15) is 9.59 Å². The van der Waals surface area contributed by atoms with Gasteiger partial charge in [-0.05, 0) is 55.8 Å². The average Bonchev–Trinajstić information content (AvgIpc) is 2.93. The Bertz CT molecular complexity index is 1570. The van der Waals surface area contributed by atoms with Gasteiger partial charge in [0.1, 0.15) is 11.3 Å². The molecule has 1 aliphatic rings. The number of amides is 2. The Balaban J connectivity index is 1.45. The third-order valence-electron chi connectivity index (χ3n) is 6.46. The van der Waals surface area contributed by atoms with Gasteiger partial charge >= 0.3 is 6.09 Å². The highest BCUT2D eigenvalue weighted by atomic mass is 35.5. The molecule has 0 spiro atoms. The summed E-state index contributed by atoms with van der Waals surface area (Å²) < 4.78 is 5.54. The third kappa shape index (κ3) is 6.13. The molecular weight excluding hydrogens is 549 g/mol. The molecule has 0 saturated carbocycles. The molecule has 0 atom stereocenters. The highest BCUT2D eigenvalue weighted by molar-refractivity contribution is 6.42. The number of hydrogen-bond acceptors (Lipinski definition) is 6. The molecule has 40 heavy (non-hydrogen) atoms. The van der Waals surface area contributed by atoms with Crippen LogP contribution in [-0.2, 0) is 4.74 Å². The minimum absolute atomic E-state index is 0.267. The lowest BCUT2D eigenvalue weighted by atomic mass is 10.0. The van der Waals surface area contributed by atoms with Gasteiger partial charge in [-0.1, -0.05) is 59.6 Å². The number of nitrogens with zero attached hydrogens (tertiary/aromatic N) is 4. The number of halogens is 2. The number of carbonyl (C=O) groups excluding carboxylic acids is 2. The Morgan fingerprint density at radius 3 is 2.38 bits per heavy atom. The Labute approximate surface area is 242 Å². The number of benzene rings is 3. The number of hydrogen-bond donors (Lipinski definition) is 1. The smallest absolute Gasteiger partial charge is 0.410 e. The van der Waals surface area contributed by atoms with Gasteiger partial charge < -0.3 is 19.9 Å². The maximum Gasteiger partial charge on any atom is 0.410 e. The number of aromatic nitrogens is 2. The Kier molecular flexibility index (Phi) is 7.83. The fourth-order valence-electron chi connectivity index (χ4n) is 4.52. The topological polar surface area (TPSA) is 87.7 Å². The van der Waals surface area contributed by atoms with Crippen LogP contribution in [0.5, 0.6) is 0 Å². The molecule has 0 bridgehead atoms. The molecule has 4 aromatic rings. The summed E-state index contributed by atoms with van der Waals surface area (Å²) in [4.78, 5) is 39.2. The van der Waals surface area contributed by atoms with Crippen LogP contribution >= 0.6 is 23.2 Å². The molecule has 0 aliphatic carbocycles. The highest BCUT2D eigenvalue weighted by Gasteiger charge is 2.28. The van der Waals surface area contributed by atoms with Gasteiger partial charge in [0.05, 0.1) is 16.2 Å². The van der Waals surface area contributed by atoms with Crippen molar-refractivity contribution < 1.29 is 14.3 Å². The lowest BCUT2D eigenvalue weighted by Gasteiger charge is -2.36. The van der Waals surface area contributed by atoms with Gasteiger partial charge in [-0.3, -0.25) is 4.79 Å². The van der Waals surface area contributed by atoms with Crippen molar-refractivity contribution in [2.75, 3.05) is 36.4 Å². The van der Waals surface area contributed by atoms with E-state index in [0.717, 1.165) is 10.8 Å². The normalized spacial score (nSPS) is 13.8. The van der Waals surface area contributed by atoms with Gasteiger partial charge in [0.15, 0.2) is 11.6 Å². The van der Waals surface area contributed by atoms with Gasteiger partial charge in [-0.25, -0.2) is 14.8 Å². The van der Waals surface area contributed by atoms with Crippen molar-refractivity contribution >= 4 is 57.5 Å². The molecule has 0 unspecified atom stereocenters. The van der Waals surface area contributed by atoms with Crippen molar-refractivity contribution in [3.8, 4) is 11.4 Å². The van der Waals surface area contributed by atoms with Gasteiger partial charge in [0, 0.05) is 37.3 Å². The molecular formula is C30H29Cl2N5O3. The number of ether oxygens (including phenoxy) is 1. The Morgan fingerprint density at radius 1 is 0.925 bits per heavy atom. The summed E-state index contributed by atoms with van der Waals surface area (Å²) in [6.07, 6.45) is 1.25. The number of fused-ring (bicyclic) bond motifs is 1. The number of carbonyl (C=O) groups is 2. The van der Waals surface area contributed by atoms with Crippen LogP contribution in [0.2, 0.25) is 10.0 Å². The van der Waals surface area contributed by atoms with Crippen LogP contribution in [0.15, 0.2) is 66.9 Å². The molecule has 5 rings (SSSR count). The summed E-state index contributed by atoms with van der Waals surface area (Å²) in [5.74, 6) is 0.719. The zero-order chi connectivity index (χ0) is 28.4. The second-order valence-electron chi connectivity index (χ2n) is 10.5. The van der Waals surface area contributed by atoms with Gasteiger partial charge in [0.2, 0.25) is 0 Å². The maximum absolute atomic E-state index is 13.5. The summed E-state index contributed by atoms with van der Waals surface area (Å²) in [6, 6.07) is 18.6. The third-order valence-corrected chi connectivity index (χ3v) is 7.20. The van der Waals surface area contributed by atoms with Crippen molar-refractivity contribution in [2.24, 2.45) is 0 Å². The summed E-state index contributed by atoms with van der Waals surface area (Å²) in [5, 5.41) is 5.67. The average molecular weight is 579 g/mol. The quantitative estimate of drug-likeness (QED) is 0.283. The second kappa shape index (κ2) is 11.3. The van der Waals surface area contributed by atoms with Crippen molar-refractivity contribution in [2.45, 2.75) is 26.4 Å². The van der Waals surface area contributed by atoms with Crippen LogP contribution in [0.4, 0.5) is 16.3 Å². The van der Waals surface area contributed by atoms with Crippen LogP contribution in [-0.4, -0.2) is 58.6 Å². The summed E-state index contributed by atoms with van der Waals surface area (Å²) in [5.41, 5.74) is 1.13. The molecule has 1 aromatic heterocycles. The van der Waals surface area contributed by atoms with Crippen LogP contribution in [0.1, 0.15) is 31.1 Å². The predicted molar refractivity (Wildman–Crippen MR) is 159 cm³/mol. The van der Waals surface area contributed by atoms with E-state index in [1.165, 1.54) is 0 Å². The fraction of sp³-hybridized carbons (Fsp3) is 0.267. The second-order valence-corrected chi connectivity index (χ2v) is 11.3. The van der Waals surface area contributed by atoms with Crippen molar-refractivity contribution in [3.05, 3.63) is 82.5 Å². The van der Waals surface area contributed by atoms with E-state index < -0.39 is 5.60 Å². The van der Waals surface area contributed by atoms with E-state index >= 15 is 0 Å². The van der Waals surface area contributed by atoms with E-state index in [0.29, 0.717) is 64.7 Å². The zero-order valence-electron chi connectivity index (χ0n) is 22.4. The van der Waals surface area contributed by atoms with E-state index in [-0.39, 0.29) is 12.0 Å². The van der Waals surface area contributed by atoms with E-state index in [2.05, 4.69) is 10.3 Å². The molecule has 206 valence electrons. The SMILES string of the molecule is CC(C)(C)OC(=O)N1CCN(c2nc(-c3ccc(Cl)c(Cl)c3)ncc2NC(=O)c2cccc3ccccc23)CC1. The Hall–Kier alpha value is -3.88. The molecule has 1 saturated heterocycles. The predicted octanol–water partition coefficient (Wildman–Crippen LogP) is 6.91. The van der Waals surface area contributed by atoms with Crippen LogP contribution in [0, 0.1) is 0 Å². The minimum Gasteiger partial charge on any atom is -0.444 e. The lowest BCUT2D eigenvalue weighted by Crippen LogP contribution is -2.50. The number of rotatable bonds is 4. The van der Waals surface area contributed by atoms with Gasteiger partial charge in [0.25, 0.3) is 5.91 Å². The van der Waals surface area contributed by atoms with Crippen molar-refractivity contribution in [3.63, 3.8) is 0 Å². The molecule has 1 aliphatic heterocycles. The van der Waals surface area contributed by atoms with Crippen LogP contribution in [0.25, 0.3) is 22.2 Å². The number of anilines is 2. The van der Waals surface area contributed by atoms with Gasteiger partial charge in [-0.2, -0.15) is 0 Å². The first-order valence-corrected chi connectivity index (χ1v) is 13.7. The van der Waals surface area contributed by atoms with Crippen molar-refractivity contribution in [1.82, 2.24) is 14.9 Å². The largest absolute Gasteiger partial charge is 0.444 e. The standard InChI is InChI=1S/C30H29Cl2N5O3/c1-30(2,3)40-29(39)37-15-13-36(14-16-37)27-25(18-33-26(35-27)20-11-12-23(31)24(32)17-20)34-28(38)22-10-6-8-19-7-4-5-9-21(19)22/h4-12,17-18H,13-16H2,1-3H3,(H,34,38). The summed E-state index contributed by atoms with van der Waals surface area (Å²) >= 11 is 12.4. The minimum atomic E-state index is -0.575. The van der Waals surface area contributed by atoms with Gasteiger partial charge in [-0.15, -0.1) is 0 Å². The highest BCUT2D eigenvalue weighted by Crippen LogP contribution is 2.31. The maximum atomic E-state index is 13.5. The molecule has 2 heterocycles. The van der Waals surface area contributed by atoms with Crippen LogP contribution < -0.4 is 10.2 Å². The zero-order valence-corrected chi connectivity index (χ0v) is 24.0.